The summed E-state index contributed by atoms with van der Waals surface area (Å²) in [6.07, 6.45) is 0.655. The van der Waals surface area contributed by atoms with E-state index in [9.17, 15) is 0 Å². The second-order valence-electron chi connectivity index (χ2n) is 3.95. The summed E-state index contributed by atoms with van der Waals surface area (Å²) < 4.78 is 5.88. The first-order valence-corrected chi connectivity index (χ1v) is 6.31. The van der Waals surface area contributed by atoms with Gasteiger partial charge in [-0.2, -0.15) is 0 Å². The van der Waals surface area contributed by atoms with E-state index >= 15 is 0 Å². The summed E-state index contributed by atoms with van der Waals surface area (Å²) in [5.74, 6) is 2.04. The van der Waals surface area contributed by atoms with Crippen LogP contribution in [-0.4, -0.2) is 17.1 Å². The number of rotatable bonds is 3. The van der Waals surface area contributed by atoms with E-state index in [-0.39, 0.29) is 0 Å². The monoisotopic (exact) mass is 307 g/mol. The molecular formula is C13H14BrN3O. The zero-order valence-electron chi connectivity index (χ0n) is 10.3. The molecule has 0 unspecified atom stereocenters. The molecule has 18 heavy (non-hydrogen) atoms. The van der Waals surface area contributed by atoms with Crippen molar-refractivity contribution in [1.29, 1.82) is 0 Å². The van der Waals surface area contributed by atoms with Crippen molar-refractivity contribution in [3.63, 3.8) is 0 Å². The largest absolute Gasteiger partial charge is 0.497 e. The molecule has 0 aliphatic carbocycles. The minimum atomic E-state index is 0.478. The number of hydrogen-bond acceptors (Lipinski definition) is 4. The van der Waals surface area contributed by atoms with E-state index in [0.717, 1.165) is 27.3 Å². The zero-order chi connectivity index (χ0) is 13.1. The fraction of sp³-hybridized carbons (Fsp3) is 0.231. The van der Waals surface area contributed by atoms with Crippen LogP contribution >= 0.6 is 15.9 Å². The number of benzene rings is 1. The summed E-state index contributed by atoms with van der Waals surface area (Å²) in [4.78, 5) is 8.66. The highest BCUT2D eigenvalue weighted by atomic mass is 79.9. The van der Waals surface area contributed by atoms with Gasteiger partial charge in [-0.05, 0) is 40.5 Å². The lowest BCUT2D eigenvalue weighted by Gasteiger charge is -2.06. The van der Waals surface area contributed by atoms with E-state index in [2.05, 4.69) is 25.9 Å². The quantitative estimate of drug-likeness (QED) is 0.947. The average Bonchev–Trinajstić information content (AvgIpc) is 2.37. The molecule has 1 aromatic heterocycles. The summed E-state index contributed by atoms with van der Waals surface area (Å²) in [6, 6.07) is 7.83. The maximum atomic E-state index is 5.80. The maximum Gasteiger partial charge on any atom is 0.141 e. The normalized spacial score (nSPS) is 10.4. The molecule has 0 bridgehead atoms. The van der Waals surface area contributed by atoms with Gasteiger partial charge in [-0.15, -0.1) is 0 Å². The van der Waals surface area contributed by atoms with Crippen molar-refractivity contribution in [1.82, 2.24) is 9.97 Å². The van der Waals surface area contributed by atoms with Gasteiger partial charge in [0.25, 0.3) is 0 Å². The summed E-state index contributed by atoms with van der Waals surface area (Å²) in [6.45, 7) is 1.90. The van der Waals surface area contributed by atoms with Crippen LogP contribution in [0.5, 0.6) is 5.75 Å². The molecule has 5 heteroatoms. The van der Waals surface area contributed by atoms with Crippen LogP contribution in [0, 0.1) is 6.92 Å². The number of anilines is 1. The van der Waals surface area contributed by atoms with Gasteiger partial charge < -0.3 is 10.5 Å². The van der Waals surface area contributed by atoms with Crippen LogP contribution in [0.15, 0.2) is 28.7 Å². The predicted molar refractivity (Wildman–Crippen MR) is 74.7 cm³/mol. The van der Waals surface area contributed by atoms with Crippen LogP contribution in [-0.2, 0) is 6.42 Å². The molecule has 2 N–H and O–H groups in total. The van der Waals surface area contributed by atoms with E-state index in [4.69, 9.17) is 10.5 Å². The molecule has 1 heterocycles. The lowest BCUT2D eigenvalue weighted by molar-refractivity contribution is 0.414. The summed E-state index contributed by atoms with van der Waals surface area (Å²) >= 11 is 3.35. The number of aromatic nitrogens is 2. The van der Waals surface area contributed by atoms with Crippen molar-refractivity contribution in [2.24, 2.45) is 0 Å². The van der Waals surface area contributed by atoms with E-state index in [1.807, 2.05) is 31.2 Å². The molecular weight excluding hydrogens is 294 g/mol. The first kappa shape index (κ1) is 12.8. The molecule has 0 fully saturated rings. The van der Waals surface area contributed by atoms with Gasteiger partial charge in [-0.1, -0.05) is 12.1 Å². The van der Waals surface area contributed by atoms with E-state index < -0.39 is 0 Å². The smallest absolute Gasteiger partial charge is 0.141 e. The second kappa shape index (κ2) is 5.35. The molecule has 1 aromatic carbocycles. The van der Waals surface area contributed by atoms with Gasteiger partial charge in [0.2, 0.25) is 0 Å². The molecule has 0 amide bonds. The van der Waals surface area contributed by atoms with Crippen molar-refractivity contribution in [2.45, 2.75) is 13.3 Å². The lowest BCUT2D eigenvalue weighted by Crippen LogP contribution is -2.03. The molecule has 2 aromatic rings. The van der Waals surface area contributed by atoms with Crippen LogP contribution in [0.4, 0.5) is 5.82 Å². The molecule has 0 aliphatic heterocycles. The Balaban J connectivity index is 2.23. The second-order valence-corrected chi connectivity index (χ2v) is 4.74. The van der Waals surface area contributed by atoms with Gasteiger partial charge in [0.15, 0.2) is 0 Å². The highest BCUT2D eigenvalue weighted by Crippen LogP contribution is 2.21. The van der Waals surface area contributed by atoms with Crippen LogP contribution < -0.4 is 10.5 Å². The molecule has 2 rings (SSSR count). The number of halogens is 1. The van der Waals surface area contributed by atoms with Crippen molar-refractivity contribution in [3.05, 3.63) is 45.8 Å². The van der Waals surface area contributed by atoms with Crippen LogP contribution in [0.2, 0.25) is 0 Å². The molecule has 4 nitrogen and oxygen atoms in total. The third kappa shape index (κ3) is 2.79. The Morgan fingerprint density at radius 3 is 2.44 bits per heavy atom. The minimum absolute atomic E-state index is 0.478. The van der Waals surface area contributed by atoms with E-state index in [1.54, 1.807) is 7.11 Å². The first-order chi connectivity index (χ1) is 8.60. The Bertz CT molecular complexity index is 532. The van der Waals surface area contributed by atoms with Crippen molar-refractivity contribution >= 4 is 21.7 Å². The average molecular weight is 308 g/mol. The Morgan fingerprint density at radius 1 is 1.22 bits per heavy atom. The van der Waals surface area contributed by atoms with Crippen molar-refractivity contribution < 1.29 is 4.74 Å². The SMILES string of the molecule is COc1ccc(Cc2nc(C)c(Br)c(N)n2)cc1. The number of nitrogens with two attached hydrogens (primary N) is 1. The van der Waals surface area contributed by atoms with Crippen LogP contribution in [0.3, 0.4) is 0 Å². The van der Waals surface area contributed by atoms with Crippen LogP contribution in [0.25, 0.3) is 0 Å². The highest BCUT2D eigenvalue weighted by Gasteiger charge is 2.07. The van der Waals surface area contributed by atoms with Crippen molar-refractivity contribution in [2.75, 3.05) is 12.8 Å². The fourth-order valence-corrected chi connectivity index (χ4v) is 1.82. The topological polar surface area (TPSA) is 61.0 Å². The standard InChI is InChI=1S/C13H14BrN3O/c1-8-12(14)13(15)17-11(16-8)7-9-3-5-10(18-2)6-4-9/h3-6H,7H2,1-2H3,(H2,15,16,17). The Hall–Kier alpha value is -1.62. The van der Waals surface area contributed by atoms with Gasteiger partial charge >= 0.3 is 0 Å². The fourth-order valence-electron chi connectivity index (χ4n) is 1.65. The Morgan fingerprint density at radius 2 is 1.89 bits per heavy atom. The zero-order valence-corrected chi connectivity index (χ0v) is 11.9. The molecule has 0 saturated heterocycles. The molecule has 0 aliphatic rings. The van der Waals surface area contributed by atoms with Gasteiger partial charge in [0.05, 0.1) is 17.3 Å². The van der Waals surface area contributed by atoms with Gasteiger partial charge in [0.1, 0.15) is 17.4 Å². The molecule has 0 saturated carbocycles. The van der Waals surface area contributed by atoms with Gasteiger partial charge in [-0.3, -0.25) is 0 Å². The maximum absolute atomic E-state index is 5.80. The highest BCUT2D eigenvalue weighted by molar-refractivity contribution is 9.10. The van der Waals surface area contributed by atoms with E-state index in [1.165, 1.54) is 0 Å². The van der Waals surface area contributed by atoms with Gasteiger partial charge in [-0.25, -0.2) is 9.97 Å². The van der Waals surface area contributed by atoms with Crippen molar-refractivity contribution in [3.8, 4) is 5.75 Å². The Kier molecular flexibility index (Phi) is 3.81. The molecule has 94 valence electrons. The number of nitrogens with zero attached hydrogens (tertiary/aromatic N) is 2. The third-order valence-electron chi connectivity index (χ3n) is 2.61. The number of aryl methyl sites for hydroxylation is 1. The minimum Gasteiger partial charge on any atom is -0.497 e. The Labute approximate surface area is 114 Å². The first-order valence-electron chi connectivity index (χ1n) is 5.51. The predicted octanol–water partition coefficient (Wildman–Crippen LogP) is 2.73. The number of nitrogen functional groups attached to an aromatic ring is 1. The lowest BCUT2D eigenvalue weighted by atomic mass is 10.1. The summed E-state index contributed by atoms with van der Waals surface area (Å²) in [5.41, 5.74) is 7.78. The van der Waals surface area contributed by atoms with Crippen LogP contribution in [0.1, 0.15) is 17.1 Å². The summed E-state index contributed by atoms with van der Waals surface area (Å²) in [5, 5.41) is 0. The molecule has 0 spiro atoms. The number of methoxy groups -OCH3 is 1. The number of ether oxygens (including phenoxy) is 1. The third-order valence-corrected chi connectivity index (χ3v) is 3.59. The summed E-state index contributed by atoms with van der Waals surface area (Å²) in [7, 11) is 1.65. The number of hydrogen-bond donors (Lipinski definition) is 1. The van der Waals surface area contributed by atoms with E-state index in [0.29, 0.717) is 12.2 Å². The molecule has 0 radical (unpaired) electrons. The molecule has 0 atom stereocenters. The van der Waals surface area contributed by atoms with Gasteiger partial charge in [0, 0.05) is 6.42 Å².